The Balaban J connectivity index is 1.38. The lowest BCUT2D eigenvalue weighted by molar-refractivity contribution is 0.606. The molecule has 0 radical (unpaired) electrons. The minimum absolute atomic E-state index is 0.00127. The molecule has 0 aliphatic heterocycles. The first-order valence-electron chi connectivity index (χ1n) is 8.69. The van der Waals surface area contributed by atoms with Gasteiger partial charge in [0.1, 0.15) is 5.82 Å². The van der Waals surface area contributed by atoms with Crippen LogP contribution in [0, 0.1) is 5.82 Å². The van der Waals surface area contributed by atoms with E-state index in [2.05, 4.69) is 25.8 Å². The number of halogens is 1. The van der Waals surface area contributed by atoms with Gasteiger partial charge in [0.2, 0.25) is 0 Å². The van der Waals surface area contributed by atoms with Crippen LogP contribution >= 0.6 is 0 Å². The van der Waals surface area contributed by atoms with Gasteiger partial charge in [0.05, 0.1) is 6.54 Å². The van der Waals surface area contributed by atoms with E-state index >= 15 is 0 Å². The molecule has 4 rings (SSSR count). The molecule has 0 spiro atoms. The van der Waals surface area contributed by atoms with E-state index in [-0.39, 0.29) is 11.2 Å². The Morgan fingerprint density at radius 1 is 1.19 bits per heavy atom. The van der Waals surface area contributed by atoms with Crippen molar-refractivity contribution in [3.63, 3.8) is 0 Å². The summed E-state index contributed by atoms with van der Waals surface area (Å²) in [7, 11) is 1.74. The van der Waals surface area contributed by atoms with Crippen LogP contribution in [0.3, 0.4) is 0 Å². The molecule has 7 heteroatoms. The molecule has 0 bridgehead atoms. The predicted octanol–water partition coefficient (Wildman–Crippen LogP) is 2.27. The molecule has 6 nitrogen and oxygen atoms in total. The Bertz CT molecular complexity index is 944. The Kier molecular flexibility index (Phi) is 4.28. The van der Waals surface area contributed by atoms with Gasteiger partial charge in [0, 0.05) is 25.2 Å². The van der Waals surface area contributed by atoms with Crippen molar-refractivity contribution < 1.29 is 4.39 Å². The molecule has 0 unspecified atom stereocenters. The van der Waals surface area contributed by atoms with Gasteiger partial charge in [-0.2, -0.15) is 0 Å². The van der Waals surface area contributed by atoms with Crippen LogP contribution in [0.2, 0.25) is 0 Å². The van der Waals surface area contributed by atoms with E-state index in [4.69, 9.17) is 0 Å². The molecule has 0 saturated heterocycles. The fourth-order valence-electron chi connectivity index (χ4n) is 3.18. The molecule has 1 aliphatic carbocycles. The van der Waals surface area contributed by atoms with Crippen LogP contribution in [0.1, 0.15) is 24.2 Å². The maximum absolute atomic E-state index is 13.5. The quantitative estimate of drug-likeness (QED) is 0.546. The van der Waals surface area contributed by atoms with Crippen LogP contribution in [0.25, 0.3) is 5.65 Å². The van der Waals surface area contributed by atoms with Crippen molar-refractivity contribution in [2.75, 3.05) is 13.6 Å². The summed E-state index contributed by atoms with van der Waals surface area (Å²) >= 11 is 0. The summed E-state index contributed by atoms with van der Waals surface area (Å²) < 4.78 is 15.5. The minimum Gasteiger partial charge on any atom is -0.356 e. The molecule has 2 aromatic heterocycles. The number of nitrogens with zero attached hydrogens (tertiary/aromatic N) is 4. The first-order chi connectivity index (χ1) is 12.7. The zero-order valence-corrected chi connectivity index (χ0v) is 14.6. The van der Waals surface area contributed by atoms with Gasteiger partial charge in [-0.25, -0.2) is 4.39 Å². The highest BCUT2D eigenvalue weighted by molar-refractivity contribution is 5.79. The number of pyridine rings is 1. The summed E-state index contributed by atoms with van der Waals surface area (Å²) in [4.78, 5) is 4.27. The van der Waals surface area contributed by atoms with Crippen molar-refractivity contribution in [3.05, 3.63) is 65.9 Å². The highest BCUT2D eigenvalue weighted by Gasteiger charge is 2.44. The summed E-state index contributed by atoms with van der Waals surface area (Å²) in [5.74, 6) is 1.32. The van der Waals surface area contributed by atoms with Gasteiger partial charge in [-0.05, 0) is 42.7 Å². The summed E-state index contributed by atoms with van der Waals surface area (Å²) in [5, 5.41) is 15.0. The van der Waals surface area contributed by atoms with Gasteiger partial charge in [-0.3, -0.25) is 9.39 Å². The van der Waals surface area contributed by atoms with Crippen LogP contribution in [0.4, 0.5) is 4.39 Å². The molecule has 0 amide bonds. The average Bonchev–Trinajstić information content (AvgIpc) is 3.35. The van der Waals surface area contributed by atoms with Crippen LogP contribution in [-0.2, 0) is 12.0 Å². The molecule has 26 heavy (non-hydrogen) atoms. The van der Waals surface area contributed by atoms with Crippen LogP contribution < -0.4 is 10.6 Å². The van der Waals surface area contributed by atoms with E-state index in [9.17, 15) is 4.39 Å². The van der Waals surface area contributed by atoms with Gasteiger partial charge in [0.25, 0.3) is 0 Å². The molecule has 2 N–H and O–H groups in total. The van der Waals surface area contributed by atoms with Crippen LogP contribution in [0.5, 0.6) is 0 Å². The molecular formula is C19H21FN6. The topological polar surface area (TPSA) is 66.6 Å². The molecule has 1 saturated carbocycles. The molecule has 2 heterocycles. The second kappa shape index (κ2) is 6.74. The second-order valence-electron chi connectivity index (χ2n) is 6.62. The average molecular weight is 352 g/mol. The monoisotopic (exact) mass is 352 g/mol. The van der Waals surface area contributed by atoms with Crippen molar-refractivity contribution in [2.45, 2.75) is 24.8 Å². The number of fused-ring (bicyclic) bond motifs is 1. The summed E-state index contributed by atoms with van der Waals surface area (Å²) in [5.41, 5.74) is 1.86. The number of rotatable bonds is 5. The molecular weight excluding hydrogens is 331 g/mol. The normalized spacial score (nSPS) is 15.8. The standard InChI is InChI=1S/C19H21FN6/c1-21-18(22-12-17-25-24-16-7-2-3-10-26(16)17)23-13-19(8-9-19)14-5-4-6-15(20)11-14/h2-7,10-11H,8-9,12-13H2,1H3,(H2,21,22,23). The SMILES string of the molecule is CN=C(NCc1nnc2ccccn12)NCC1(c2cccc(F)c2)CC1. The summed E-state index contributed by atoms with van der Waals surface area (Å²) in [6.45, 7) is 1.23. The van der Waals surface area contributed by atoms with Gasteiger partial charge < -0.3 is 10.6 Å². The van der Waals surface area contributed by atoms with E-state index < -0.39 is 0 Å². The number of aromatic nitrogens is 3. The maximum Gasteiger partial charge on any atom is 0.191 e. The van der Waals surface area contributed by atoms with E-state index in [1.165, 1.54) is 6.07 Å². The van der Waals surface area contributed by atoms with Gasteiger partial charge in [-0.15, -0.1) is 10.2 Å². The largest absolute Gasteiger partial charge is 0.356 e. The molecule has 134 valence electrons. The number of hydrogen-bond acceptors (Lipinski definition) is 3. The van der Waals surface area contributed by atoms with Crippen molar-refractivity contribution in [2.24, 2.45) is 4.99 Å². The Hall–Kier alpha value is -2.96. The van der Waals surface area contributed by atoms with E-state index in [0.717, 1.165) is 36.4 Å². The van der Waals surface area contributed by atoms with Crippen molar-refractivity contribution in [1.29, 1.82) is 0 Å². The number of guanidine groups is 1. The molecule has 1 fully saturated rings. The lowest BCUT2D eigenvalue weighted by Gasteiger charge is -2.19. The smallest absolute Gasteiger partial charge is 0.191 e. The number of benzene rings is 1. The highest BCUT2D eigenvalue weighted by atomic mass is 19.1. The van der Waals surface area contributed by atoms with Gasteiger partial charge in [0.15, 0.2) is 17.4 Å². The highest BCUT2D eigenvalue weighted by Crippen LogP contribution is 2.47. The lowest BCUT2D eigenvalue weighted by atomic mass is 9.96. The van der Waals surface area contributed by atoms with Crippen LogP contribution in [0.15, 0.2) is 53.7 Å². The van der Waals surface area contributed by atoms with Gasteiger partial charge >= 0.3 is 0 Å². The summed E-state index contributed by atoms with van der Waals surface area (Å²) in [6.07, 6.45) is 4.04. The Morgan fingerprint density at radius 3 is 2.85 bits per heavy atom. The summed E-state index contributed by atoms with van der Waals surface area (Å²) in [6, 6.07) is 12.7. The number of nitrogens with one attached hydrogen (secondary N) is 2. The third-order valence-electron chi connectivity index (χ3n) is 4.91. The molecule has 1 aliphatic rings. The Labute approximate surface area is 151 Å². The number of aliphatic imine (C=N–C) groups is 1. The third kappa shape index (κ3) is 3.24. The fourth-order valence-corrected chi connectivity index (χ4v) is 3.18. The van der Waals surface area contributed by atoms with E-state index in [1.807, 2.05) is 34.9 Å². The molecule has 1 aromatic carbocycles. The van der Waals surface area contributed by atoms with Crippen molar-refractivity contribution >= 4 is 11.6 Å². The zero-order chi connectivity index (χ0) is 18.0. The molecule has 3 aromatic rings. The van der Waals surface area contributed by atoms with Crippen molar-refractivity contribution in [1.82, 2.24) is 25.2 Å². The first-order valence-corrected chi connectivity index (χ1v) is 8.69. The predicted molar refractivity (Wildman–Crippen MR) is 98.5 cm³/mol. The van der Waals surface area contributed by atoms with Gasteiger partial charge in [-0.1, -0.05) is 18.2 Å². The van der Waals surface area contributed by atoms with E-state index in [0.29, 0.717) is 12.5 Å². The maximum atomic E-state index is 13.5. The third-order valence-corrected chi connectivity index (χ3v) is 4.91. The zero-order valence-electron chi connectivity index (χ0n) is 14.6. The van der Waals surface area contributed by atoms with Crippen LogP contribution in [-0.4, -0.2) is 34.2 Å². The molecule has 0 atom stereocenters. The second-order valence-corrected chi connectivity index (χ2v) is 6.62. The Morgan fingerprint density at radius 2 is 2.08 bits per heavy atom. The first kappa shape index (κ1) is 16.5. The number of hydrogen-bond donors (Lipinski definition) is 2. The minimum atomic E-state index is -0.185. The fraction of sp³-hybridized carbons (Fsp3) is 0.316. The van der Waals surface area contributed by atoms with Crippen molar-refractivity contribution in [3.8, 4) is 0 Å². The lowest BCUT2D eigenvalue weighted by Crippen LogP contribution is -2.41. The van der Waals surface area contributed by atoms with E-state index in [1.54, 1.807) is 19.2 Å².